The van der Waals surface area contributed by atoms with Crippen LogP contribution in [0.25, 0.3) is 16.6 Å². The second-order valence-electron chi connectivity index (χ2n) is 6.41. The van der Waals surface area contributed by atoms with Crippen LogP contribution in [-0.4, -0.2) is 26.9 Å². The average molecular weight is 390 g/mol. The van der Waals surface area contributed by atoms with Gasteiger partial charge in [0.25, 0.3) is 0 Å². The number of hydrogen-bond donors (Lipinski definition) is 0. The van der Waals surface area contributed by atoms with Crippen molar-refractivity contribution in [2.45, 2.75) is 33.0 Å². The number of ether oxygens (including phenoxy) is 1. The number of halogens is 3. The van der Waals surface area contributed by atoms with Crippen molar-refractivity contribution in [3.05, 3.63) is 47.4 Å². The third-order valence-electron chi connectivity index (χ3n) is 4.24. The van der Waals surface area contributed by atoms with E-state index in [1.54, 1.807) is 24.4 Å². The van der Waals surface area contributed by atoms with Gasteiger partial charge in [0.15, 0.2) is 5.69 Å². The Balaban J connectivity index is 2.17. The minimum Gasteiger partial charge on any atom is -0.462 e. The summed E-state index contributed by atoms with van der Waals surface area (Å²) in [4.78, 5) is 11.9. The minimum atomic E-state index is -4.81. The Labute approximate surface area is 158 Å². The first-order valence-corrected chi connectivity index (χ1v) is 8.56. The fraction of sp³-hybridized carbons (Fsp3) is 0.316. The highest BCUT2D eigenvalue weighted by Crippen LogP contribution is 2.33. The van der Waals surface area contributed by atoms with Crippen molar-refractivity contribution < 1.29 is 22.7 Å². The average Bonchev–Trinajstić information content (AvgIpc) is 3.23. The van der Waals surface area contributed by atoms with E-state index in [9.17, 15) is 23.2 Å². The Kier molecular flexibility index (Phi) is 4.89. The summed E-state index contributed by atoms with van der Waals surface area (Å²) in [6.07, 6.45) is -2.11. The summed E-state index contributed by atoms with van der Waals surface area (Å²) in [7, 11) is 0. The number of rotatable bonds is 4. The molecule has 3 rings (SSSR count). The van der Waals surface area contributed by atoms with Gasteiger partial charge in [0, 0.05) is 29.3 Å². The first-order valence-electron chi connectivity index (χ1n) is 8.56. The zero-order chi connectivity index (χ0) is 20.6. The molecule has 2 heterocycles. The fourth-order valence-corrected chi connectivity index (χ4v) is 2.98. The molecule has 0 aliphatic carbocycles. The number of nitriles is 1. The Morgan fingerprint density at radius 3 is 2.61 bits per heavy atom. The number of aromatic nitrogens is 3. The molecule has 0 saturated carbocycles. The Morgan fingerprint density at radius 1 is 1.32 bits per heavy atom. The van der Waals surface area contributed by atoms with E-state index < -0.39 is 23.4 Å². The molecule has 6 nitrogen and oxygen atoms in total. The van der Waals surface area contributed by atoms with Gasteiger partial charge in [0.2, 0.25) is 0 Å². The highest BCUT2D eigenvalue weighted by Gasteiger charge is 2.40. The van der Waals surface area contributed by atoms with Crippen molar-refractivity contribution >= 4 is 16.9 Å². The number of esters is 1. The molecule has 0 atom stereocenters. The lowest BCUT2D eigenvalue weighted by atomic mass is 10.1. The van der Waals surface area contributed by atoms with E-state index in [4.69, 9.17) is 4.74 Å². The van der Waals surface area contributed by atoms with Crippen LogP contribution in [0, 0.1) is 11.3 Å². The Bertz CT molecular complexity index is 1090. The molecular formula is C19H17F3N4O2. The summed E-state index contributed by atoms with van der Waals surface area (Å²) in [6, 6.07) is 7.08. The van der Waals surface area contributed by atoms with Crippen LogP contribution in [0.4, 0.5) is 13.2 Å². The van der Waals surface area contributed by atoms with Crippen molar-refractivity contribution in [2.24, 2.45) is 0 Å². The summed E-state index contributed by atoms with van der Waals surface area (Å²) in [5, 5.41) is 13.5. The zero-order valence-corrected chi connectivity index (χ0v) is 15.4. The number of fused-ring (bicyclic) bond motifs is 1. The molecule has 0 spiro atoms. The predicted octanol–water partition coefficient (Wildman–Crippen LogP) is 4.48. The normalized spacial score (nSPS) is 11.8. The summed E-state index contributed by atoms with van der Waals surface area (Å²) < 4.78 is 47.5. The molecule has 0 saturated heterocycles. The number of benzene rings is 1. The summed E-state index contributed by atoms with van der Waals surface area (Å²) in [5.41, 5.74) is -0.490. The molecule has 0 N–H and O–H groups in total. The number of carbonyl (C=O) groups excluding carboxylic acids is 1. The Morgan fingerprint density at radius 2 is 2.04 bits per heavy atom. The van der Waals surface area contributed by atoms with E-state index in [-0.39, 0.29) is 12.6 Å². The van der Waals surface area contributed by atoms with Crippen LogP contribution in [0.15, 0.2) is 30.6 Å². The maximum Gasteiger partial charge on any atom is 0.436 e. The third kappa shape index (κ3) is 3.33. The molecule has 3 aromatic rings. The van der Waals surface area contributed by atoms with Gasteiger partial charge in [0.1, 0.15) is 11.6 Å². The van der Waals surface area contributed by atoms with Gasteiger partial charge in [-0.3, -0.25) is 0 Å². The van der Waals surface area contributed by atoms with E-state index in [0.29, 0.717) is 16.6 Å². The highest BCUT2D eigenvalue weighted by atomic mass is 19.4. The van der Waals surface area contributed by atoms with Crippen molar-refractivity contribution in [1.82, 2.24) is 14.3 Å². The zero-order valence-electron chi connectivity index (χ0n) is 15.4. The number of carbonyl (C=O) groups is 1. The van der Waals surface area contributed by atoms with Gasteiger partial charge in [-0.2, -0.15) is 23.5 Å². The van der Waals surface area contributed by atoms with Crippen LogP contribution in [0.5, 0.6) is 0 Å². The maximum absolute atomic E-state index is 13.3. The first-order chi connectivity index (χ1) is 13.2. The number of hydrogen-bond acceptors (Lipinski definition) is 4. The van der Waals surface area contributed by atoms with Gasteiger partial charge in [-0.25, -0.2) is 9.48 Å². The molecule has 0 amide bonds. The van der Waals surface area contributed by atoms with Crippen LogP contribution >= 0.6 is 0 Å². The lowest BCUT2D eigenvalue weighted by molar-refractivity contribution is -0.141. The van der Waals surface area contributed by atoms with Crippen LogP contribution < -0.4 is 0 Å². The van der Waals surface area contributed by atoms with Crippen LogP contribution in [0.3, 0.4) is 0 Å². The van der Waals surface area contributed by atoms with Gasteiger partial charge >= 0.3 is 12.1 Å². The van der Waals surface area contributed by atoms with E-state index in [0.717, 1.165) is 16.4 Å². The molecule has 0 unspecified atom stereocenters. The van der Waals surface area contributed by atoms with Gasteiger partial charge in [-0.15, -0.1) is 0 Å². The van der Waals surface area contributed by atoms with Crippen molar-refractivity contribution in [2.75, 3.05) is 6.61 Å². The molecule has 28 heavy (non-hydrogen) atoms. The highest BCUT2D eigenvalue weighted by molar-refractivity contribution is 5.91. The maximum atomic E-state index is 13.3. The molecule has 0 bridgehead atoms. The van der Waals surface area contributed by atoms with Gasteiger partial charge in [-0.05, 0) is 39.0 Å². The minimum absolute atomic E-state index is 0.0541. The quantitative estimate of drug-likeness (QED) is 0.616. The lowest BCUT2D eigenvalue weighted by Gasteiger charge is -2.09. The second kappa shape index (κ2) is 7.03. The van der Waals surface area contributed by atoms with Crippen molar-refractivity contribution in [1.29, 1.82) is 5.26 Å². The van der Waals surface area contributed by atoms with Crippen molar-refractivity contribution in [3.63, 3.8) is 0 Å². The van der Waals surface area contributed by atoms with E-state index in [1.165, 1.54) is 6.92 Å². The van der Waals surface area contributed by atoms with Gasteiger partial charge < -0.3 is 9.30 Å². The topological polar surface area (TPSA) is 72.8 Å². The fourth-order valence-electron chi connectivity index (χ4n) is 2.98. The molecular weight excluding hydrogens is 373 g/mol. The van der Waals surface area contributed by atoms with Crippen LogP contribution in [0.2, 0.25) is 0 Å². The molecule has 146 valence electrons. The largest absolute Gasteiger partial charge is 0.462 e. The SMILES string of the molecule is CCOC(=O)c1cn(-c2ccc3c(c2)c(C#N)cn3C(C)C)nc1C(F)(F)F. The molecule has 0 fully saturated rings. The third-order valence-corrected chi connectivity index (χ3v) is 4.24. The molecule has 2 aromatic heterocycles. The molecule has 0 aliphatic rings. The summed E-state index contributed by atoms with van der Waals surface area (Å²) >= 11 is 0. The van der Waals surface area contributed by atoms with Gasteiger partial charge in [-0.1, -0.05) is 0 Å². The smallest absolute Gasteiger partial charge is 0.436 e. The standard InChI is InChI=1S/C19H17F3N4O2/c1-4-28-18(27)15-10-26(24-17(15)19(20,21)22)13-5-6-16-14(7-13)12(8-23)9-25(16)11(2)3/h5-7,9-11H,4H2,1-3H3. The molecule has 9 heteroatoms. The van der Waals surface area contributed by atoms with Crippen LogP contribution in [-0.2, 0) is 10.9 Å². The van der Waals surface area contributed by atoms with E-state index >= 15 is 0 Å². The van der Waals surface area contributed by atoms with Gasteiger partial charge in [0.05, 0.1) is 17.9 Å². The summed E-state index contributed by atoms with van der Waals surface area (Å²) in [5.74, 6) is -1.09. The molecule has 1 aromatic carbocycles. The van der Waals surface area contributed by atoms with E-state index in [1.807, 2.05) is 18.4 Å². The lowest BCUT2D eigenvalue weighted by Crippen LogP contribution is -2.14. The second-order valence-corrected chi connectivity index (χ2v) is 6.41. The monoisotopic (exact) mass is 390 g/mol. The predicted molar refractivity (Wildman–Crippen MR) is 95.1 cm³/mol. The Hall–Kier alpha value is -3.28. The summed E-state index contributed by atoms with van der Waals surface area (Å²) in [6.45, 7) is 5.38. The van der Waals surface area contributed by atoms with Crippen molar-refractivity contribution in [3.8, 4) is 11.8 Å². The number of nitrogens with zero attached hydrogens (tertiary/aromatic N) is 4. The van der Waals surface area contributed by atoms with E-state index in [2.05, 4.69) is 11.2 Å². The molecule has 0 aliphatic heterocycles. The molecule has 0 radical (unpaired) electrons. The first kappa shape index (κ1) is 19.5. The number of alkyl halides is 3. The van der Waals surface area contributed by atoms with Crippen LogP contribution in [0.1, 0.15) is 48.4 Å².